The van der Waals surface area contributed by atoms with Crippen LogP contribution in [0.4, 0.5) is 5.69 Å². The maximum absolute atomic E-state index is 13.7. The van der Waals surface area contributed by atoms with Crippen molar-refractivity contribution in [2.24, 2.45) is 4.99 Å². The molecule has 0 bridgehead atoms. The summed E-state index contributed by atoms with van der Waals surface area (Å²) in [4.78, 5) is 34.0. The van der Waals surface area contributed by atoms with Crippen molar-refractivity contribution >= 4 is 29.1 Å². The number of ether oxygens (including phenoxy) is 2. The predicted octanol–water partition coefficient (Wildman–Crippen LogP) is 2.34. The van der Waals surface area contributed by atoms with E-state index in [9.17, 15) is 14.7 Å². The van der Waals surface area contributed by atoms with Gasteiger partial charge in [-0.1, -0.05) is 35.6 Å². The van der Waals surface area contributed by atoms with E-state index in [1.807, 2.05) is 18.2 Å². The summed E-state index contributed by atoms with van der Waals surface area (Å²) >= 11 is 1.29. The summed E-state index contributed by atoms with van der Waals surface area (Å²) in [6.07, 6.45) is 1.85. The van der Waals surface area contributed by atoms with E-state index < -0.39 is 12.0 Å². The second-order valence-corrected chi connectivity index (χ2v) is 9.59. The van der Waals surface area contributed by atoms with Crippen molar-refractivity contribution < 1.29 is 19.4 Å². The summed E-state index contributed by atoms with van der Waals surface area (Å²) in [5.41, 5.74) is 3.31. The molecule has 0 amide bonds. The van der Waals surface area contributed by atoms with E-state index in [2.05, 4.69) is 22.0 Å². The predicted molar refractivity (Wildman–Crippen MR) is 138 cm³/mol. The average molecular weight is 506 g/mol. The fraction of sp³-hybridized carbons (Fsp3) is 0.296. The molecule has 1 unspecified atom stereocenters. The zero-order chi connectivity index (χ0) is 25.2. The zero-order valence-electron chi connectivity index (χ0n) is 20.1. The number of anilines is 1. The van der Waals surface area contributed by atoms with Crippen LogP contribution in [-0.2, 0) is 14.3 Å². The van der Waals surface area contributed by atoms with Crippen LogP contribution in [0.3, 0.4) is 0 Å². The lowest BCUT2D eigenvalue weighted by Gasteiger charge is -2.28. The van der Waals surface area contributed by atoms with Gasteiger partial charge in [0, 0.05) is 18.8 Å². The molecule has 8 nitrogen and oxygen atoms in total. The van der Waals surface area contributed by atoms with Gasteiger partial charge in [-0.3, -0.25) is 9.36 Å². The first kappa shape index (κ1) is 24.0. The fourth-order valence-corrected chi connectivity index (χ4v) is 5.56. The minimum Gasteiger partial charge on any atom is -0.508 e. The highest BCUT2D eigenvalue weighted by Crippen LogP contribution is 2.31. The van der Waals surface area contributed by atoms with Crippen LogP contribution in [0.2, 0.25) is 0 Å². The van der Waals surface area contributed by atoms with Crippen LogP contribution in [0.1, 0.15) is 31.0 Å². The number of rotatable bonds is 5. The van der Waals surface area contributed by atoms with Crippen molar-refractivity contribution in [1.29, 1.82) is 0 Å². The van der Waals surface area contributed by atoms with E-state index in [4.69, 9.17) is 9.47 Å². The molecule has 1 N–H and O–H groups in total. The minimum atomic E-state index is -0.702. The summed E-state index contributed by atoms with van der Waals surface area (Å²) in [5.74, 6) is -0.408. The van der Waals surface area contributed by atoms with Crippen LogP contribution < -0.4 is 19.8 Å². The van der Waals surface area contributed by atoms with Crippen molar-refractivity contribution in [2.75, 3.05) is 37.8 Å². The number of hydrogen-bond acceptors (Lipinski definition) is 8. The first-order chi connectivity index (χ1) is 17.5. The van der Waals surface area contributed by atoms with Gasteiger partial charge in [0.1, 0.15) is 5.75 Å². The Labute approximate surface area is 212 Å². The molecule has 1 atom stereocenters. The maximum atomic E-state index is 13.7. The second-order valence-electron chi connectivity index (χ2n) is 8.58. The van der Waals surface area contributed by atoms with Gasteiger partial charge in [0.15, 0.2) is 4.80 Å². The number of benzene rings is 2. The quantitative estimate of drug-likeness (QED) is 0.535. The number of carbonyl (C=O) groups is 1. The normalized spacial score (nSPS) is 18.1. The molecule has 9 heteroatoms. The largest absolute Gasteiger partial charge is 0.508 e. The summed E-state index contributed by atoms with van der Waals surface area (Å²) in [7, 11) is 0. The standard InChI is InChI=1S/C27H27N3O5S/c1-3-35-26(33)23-17(2)28-27-30(24(23)19-6-10-21(31)11-7-19)25(32)22(36-27)16-18-4-8-20(9-5-18)29-12-14-34-15-13-29/h4-11,16,24,31H,3,12-15H2,1-2H3/b22-16-. The summed E-state index contributed by atoms with van der Waals surface area (Å²) in [6.45, 7) is 6.86. The molecular formula is C27H27N3O5S. The SMILES string of the molecule is CCOC(=O)C1=C(C)N=c2s/c(=C\c3ccc(N4CCOCC4)cc3)c(=O)n2C1c1ccc(O)cc1. The Morgan fingerprint density at radius 3 is 2.53 bits per heavy atom. The zero-order valence-corrected chi connectivity index (χ0v) is 21.0. The van der Waals surface area contributed by atoms with Crippen LogP contribution in [0.15, 0.2) is 69.6 Å². The van der Waals surface area contributed by atoms with Crippen LogP contribution in [-0.4, -0.2) is 48.6 Å². The molecule has 1 saturated heterocycles. The smallest absolute Gasteiger partial charge is 0.338 e. The lowest BCUT2D eigenvalue weighted by molar-refractivity contribution is -0.139. The molecular weight excluding hydrogens is 478 g/mol. The Morgan fingerprint density at radius 1 is 1.17 bits per heavy atom. The van der Waals surface area contributed by atoms with Gasteiger partial charge >= 0.3 is 5.97 Å². The third kappa shape index (κ3) is 4.59. The Balaban J connectivity index is 1.58. The van der Waals surface area contributed by atoms with Crippen LogP contribution in [0.25, 0.3) is 6.08 Å². The summed E-state index contributed by atoms with van der Waals surface area (Å²) in [6, 6.07) is 13.9. The highest BCUT2D eigenvalue weighted by Gasteiger charge is 2.33. The van der Waals surface area contributed by atoms with Gasteiger partial charge in [-0.25, -0.2) is 9.79 Å². The van der Waals surface area contributed by atoms with Gasteiger partial charge < -0.3 is 19.5 Å². The molecule has 186 valence electrons. The molecule has 3 aromatic rings. The minimum absolute atomic E-state index is 0.102. The number of esters is 1. The third-order valence-corrected chi connectivity index (χ3v) is 7.28. The van der Waals surface area contributed by atoms with E-state index in [0.29, 0.717) is 26.2 Å². The second kappa shape index (κ2) is 10.1. The monoisotopic (exact) mass is 505 g/mol. The fourth-order valence-electron chi connectivity index (χ4n) is 4.52. The number of aromatic hydroxyl groups is 1. The Kier molecular flexibility index (Phi) is 6.75. The molecule has 1 aromatic heterocycles. The van der Waals surface area contributed by atoms with E-state index in [-0.39, 0.29) is 17.9 Å². The number of fused-ring (bicyclic) bond motifs is 1. The van der Waals surface area contributed by atoms with Gasteiger partial charge in [-0.2, -0.15) is 0 Å². The summed E-state index contributed by atoms with van der Waals surface area (Å²) < 4.78 is 12.8. The van der Waals surface area contributed by atoms with Crippen molar-refractivity contribution in [1.82, 2.24) is 4.57 Å². The van der Waals surface area contributed by atoms with Gasteiger partial charge in [-0.15, -0.1) is 0 Å². The van der Waals surface area contributed by atoms with E-state index in [1.165, 1.54) is 11.3 Å². The Morgan fingerprint density at radius 2 is 1.86 bits per heavy atom. The van der Waals surface area contributed by atoms with Gasteiger partial charge in [-0.05, 0) is 55.3 Å². The van der Waals surface area contributed by atoms with E-state index in [0.717, 1.165) is 37.6 Å². The van der Waals surface area contributed by atoms with Crippen LogP contribution in [0.5, 0.6) is 5.75 Å². The number of phenols is 1. The maximum Gasteiger partial charge on any atom is 0.338 e. The molecule has 36 heavy (non-hydrogen) atoms. The molecule has 1 fully saturated rings. The van der Waals surface area contributed by atoms with E-state index >= 15 is 0 Å². The number of nitrogens with zero attached hydrogens (tertiary/aromatic N) is 3. The Hall–Kier alpha value is -3.69. The number of hydrogen-bond donors (Lipinski definition) is 1. The number of phenolic OH excluding ortho intramolecular Hbond substituents is 1. The highest BCUT2D eigenvalue weighted by molar-refractivity contribution is 7.07. The molecule has 5 rings (SSSR count). The van der Waals surface area contributed by atoms with Crippen LogP contribution >= 0.6 is 11.3 Å². The molecule has 2 aliphatic heterocycles. The van der Waals surface area contributed by atoms with Crippen molar-refractivity contribution in [3.63, 3.8) is 0 Å². The number of thiazole rings is 1. The van der Waals surface area contributed by atoms with Crippen molar-refractivity contribution in [3.8, 4) is 5.75 Å². The molecule has 2 aromatic carbocycles. The molecule has 0 radical (unpaired) electrons. The topological polar surface area (TPSA) is 93.4 Å². The molecule has 3 heterocycles. The van der Waals surface area contributed by atoms with E-state index in [1.54, 1.807) is 42.7 Å². The summed E-state index contributed by atoms with van der Waals surface area (Å²) in [5, 5.41) is 9.78. The van der Waals surface area contributed by atoms with Gasteiger partial charge in [0.25, 0.3) is 5.56 Å². The number of carbonyl (C=O) groups excluding carboxylic acids is 1. The lowest BCUT2D eigenvalue weighted by atomic mass is 9.96. The average Bonchev–Trinajstić information content (AvgIpc) is 3.19. The molecule has 2 aliphatic rings. The van der Waals surface area contributed by atoms with Gasteiger partial charge in [0.2, 0.25) is 0 Å². The molecule has 0 aliphatic carbocycles. The van der Waals surface area contributed by atoms with Crippen LogP contribution in [0, 0.1) is 0 Å². The van der Waals surface area contributed by atoms with Gasteiger partial charge in [0.05, 0.1) is 41.7 Å². The Bertz CT molecular complexity index is 1480. The number of allylic oxidation sites excluding steroid dienone is 1. The van der Waals surface area contributed by atoms with Crippen molar-refractivity contribution in [3.05, 3.63) is 90.6 Å². The number of aromatic nitrogens is 1. The first-order valence-corrected chi connectivity index (χ1v) is 12.7. The van der Waals surface area contributed by atoms with Crippen molar-refractivity contribution in [2.45, 2.75) is 19.9 Å². The lowest BCUT2D eigenvalue weighted by Crippen LogP contribution is -2.39. The number of morpholine rings is 1. The molecule has 0 spiro atoms. The third-order valence-electron chi connectivity index (χ3n) is 6.29. The first-order valence-electron chi connectivity index (χ1n) is 11.9. The highest BCUT2D eigenvalue weighted by atomic mass is 32.1. The molecule has 0 saturated carbocycles.